The Labute approximate surface area is 63.1 Å². The van der Waals surface area contributed by atoms with Gasteiger partial charge in [-0.1, -0.05) is 0 Å². The fraction of sp³-hybridized carbons (Fsp3) is 0.600. The van der Waals surface area contributed by atoms with Gasteiger partial charge in [-0.2, -0.15) is 0 Å². The van der Waals surface area contributed by atoms with Crippen molar-refractivity contribution in [2.45, 2.75) is 0 Å². The summed E-state index contributed by atoms with van der Waals surface area (Å²) in [7, 11) is 0. The van der Waals surface area contributed by atoms with E-state index in [0.717, 1.165) is 9.91 Å². The van der Waals surface area contributed by atoms with E-state index >= 15 is 0 Å². The standard InChI is InChI=1S/C5H9N3O3/c6-8-2-1-7(5(10)11)3-4(8)9/h1-3,6H2,(H,10,11). The van der Waals surface area contributed by atoms with Crippen LogP contribution in [0.2, 0.25) is 0 Å². The quantitative estimate of drug-likeness (QED) is 0.339. The first-order valence-electron chi connectivity index (χ1n) is 3.14. The number of amides is 2. The van der Waals surface area contributed by atoms with E-state index < -0.39 is 6.09 Å². The van der Waals surface area contributed by atoms with Gasteiger partial charge in [0.2, 0.25) is 0 Å². The molecule has 1 aliphatic rings. The van der Waals surface area contributed by atoms with Crippen LogP contribution in [0.25, 0.3) is 0 Å². The molecule has 0 spiro atoms. The van der Waals surface area contributed by atoms with Crippen LogP contribution < -0.4 is 5.84 Å². The van der Waals surface area contributed by atoms with Crippen LogP contribution in [0.4, 0.5) is 4.79 Å². The van der Waals surface area contributed by atoms with E-state index in [1.165, 1.54) is 0 Å². The molecule has 0 aliphatic carbocycles. The SMILES string of the molecule is NN1CCN(C(=O)O)CC1=O. The molecule has 3 N–H and O–H groups in total. The number of hydrazine groups is 1. The van der Waals surface area contributed by atoms with Crippen molar-refractivity contribution in [3.05, 3.63) is 0 Å². The maximum Gasteiger partial charge on any atom is 0.407 e. The molecule has 6 heteroatoms. The Balaban J connectivity index is 2.53. The number of nitrogens with zero attached hydrogens (tertiary/aromatic N) is 2. The minimum absolute atomic E-state index is 0.133. The van der Waals surface area contributed by atoms with Gasteiger partial charge in [0.05, 0.1) is 6.54 Å². The topological polar surface area (TPSA) is 86.9 Å². The zero-order valence-electron chi connectivity index (χ0n) is 5.86. The Kier molecular flexibility index (Phi) is 1.95. The predicted molar refractivity (Wildman–Crippen MR) is 35.5 cm³/mol. The first kappa shape index (κ1) is 7.80. The van der Waals surface area contributed by atoms with Gasteiger partial charge in [0.15, 0.2) is 0 Å². The van der Waals surface area contributed by atoms with Crippen molar-refractivity contribution < 1.29 is 14.7 Å². The summed E-state index contributed by atoms with van der Waals surface area (Å²) in [5, 5.41) is 9.48. The van der Waals surface area contributed by atoms with Crippen molar-refractivity contribution in [2.75, 3.05) is 19.6 Å². The van der Waals surface area contributed by atoms with Crippen LogP contribution in [0.1, 0.15) is 0 Å². The molecule has 11 heavy (non-hydrogen) atoms. The third-order valence-electron chi connectivity index (χ3n) is 1.53. The highest BCUT2D eigenvalue weighted by molar-refractivity contribution is 5.82. The molecule has 1 fully saturated rings. The van der Waals surface area contributed by atoms with E-state index in [-0.39, 0.29) is 25.5 Å². The lowest BCUT2D eigenvalue weighted by molar-refractivity contribution is -0.135. The maximum absolute atomic E-state index is 10.8. The average Bonchev–Trinajstić information content (AvgIpc) is 1.94. The number of carbonyl (C=O) groups is 2. The van der Waals surface area contributed by atoms with Gasteiger partial charge < -0.3 is 5.11 Å². The molecule has 1 saturated heterocycles. The molecule has 0 aromatic rings. The Bertz CT molecular complexity index is 193. The van der Waals surface area contributed by atoms with Crippen LogP contribution in [0.15, 0.2) is 0 Å². The fourth-order valence-corrected chi connectivity index (χ4v) is 0.850. The Morgan fingerprint density at radius 2 is 2.18 bits per heavy atom. The number of piperazine rings is 1. The highest BCUT2D eigenvalue weighted by Crippen LogP contribution is 1.98. The molecule has 62 valence electrons. The molecule has 1 rings (SSSR count). The molecular formula is C5H9N3O3. The Hall–Kier alpha value is -1.30. The Morgan fingerprint density at radius 1 is 1.55 bits per heavy atom. The van der Waals surface area contributed by atoms with Crippen LogP contribution >= 0.6 is 0 Å². The molecule has 6 nitrogen and oxygen atoms in total. The maximum atomic E-state index is 10.8. The van der Waals surface area contributed by atoms with Crippen LogP contribution in [-0.2, 0) is 4.79 Å². The average molecular weight is 159 g/mol. The van der Waals surface area contributed by atoms with Gasteiger partial charge in [0, 0.05) is 6.54 Å². The number of hydrogen-bond acceptors (Lipinski definition) is 3. The summed E-state index contributed by atoms with van der Waals surface area (Å²) in [6, 6.07) is 0. The largest absolute Gasteiger partial charge is 0.465 e. The highest BCUT2D eigenvalue weighted by Gasteiger charge is 2.24. The van der Waals surface area contributed by atoms with Crippen LogP contribution in [0, 0.1) is 0 Å². The van der Waals surface area contributed by atoms with Crippen molar-refractivity contribution >= 4 is 12.0 Å². The second kappa shape index (κ2) is 2.75. The zero-order chi connectivity index (χ0) is 8.43. The summed E-state index contributed by atoms with van der Waals surface area (Å²) < 4.78 is 0. The molecule has 1 heterocycles. The smallest absolute Gasteiger partial charge is 0.407 e. The van der Waals surface area contributed by atoms with Crippen molar-refractivity contribution in [2.24, 2.45) is 5.84 Å². The molecule has 0 aromatic carbocycles. The monoisotopic (exact) mass is 159 g/mol. The first-order chi connectivity index (χ1) is 5.11. The van der Waals surface area contributed by atoms with E-state index in [1.54, 1.807) is 0 Å². The minimum Gasteiger partial charge on any atom is -0.465 e. The molecular weight excluding hydrogens is 150 g/mol. The molecule has 0 saturated carbocycles. The summed E-state index contributed by atoms with van der Waals surface area (Å²) in [6.07, 6.45) is -1.08. The minimum atomic E-state index is -1.08. The van der Waals surface area contributed by atoms with E-state index in [1.807, 2.05) is 0 Å². The van der Waals surface area contributed by atoms with Crippen LogP contribution in [-0.4, -0.2) is 46.7 Å². The molecule has 1 aliphatic heterocycles. The fourth-order valence-electron chi connectivity index (χ4n) is 0.850. The van der Waals surface area contributed by atoms with E-state index in [4.69, 9.17) is 10.9 Å². The van der Waals surface area contributed by atoms with Gasteiger partial charge in [-0.25, -0.2) is 10.6 Å². The number of hydrogen-bond donors (Lipinski definition) is 2. The molecule has 0 atom stereocenters. The van der Waals surface area contributed by atoms with E-state index in [9.17, 15) is 9.59 Å². The van der Waals surface area contributed by atoms with Crippen molar-refractivity contribution in [1.82, 2.24) is 9.91 Å². The van der Waals surface area contributed by atoms with Gasteiger partial charge in [-0.15, -0.1) is 0 Å². The third-order valence-corrected chi connectivity index (χ3v) is 1.53. The normalized spacial score (nSPS) is 18.8. The second-order valence-electron chi connectivity index (χ2n) is 2.29. The van der Waals surface area contributed by atoms with Gasteiger partial charge >= 0.3 is 6.09 Å². The molecule has 0 aromatic heterocycles. The van der Waals surface area contributed by atoms with Crippen molar-refractivity contribution in [3.63, 3.8) is 0 Å². The highest BCUT2D eigenvalue weighted by atomic mass is 16.4. The zero-order valence-corrected chi connectivity index (χ0v) is 5.86. The van der Waals surface area contributed by atoms with E-state index in [2.05, 4.69) is 0 Å². The van der Waals surface area contributed by atoms with Gasteiger partial charge in [-0.05, 0) is 0 Å². The third kappa shape index (κ3) is 1.58. The molecule has 0 radical (unpaired) electrons. The lowest BCUT2D eigenvalue weighted by atomic mass is 10.4. The lowest BCUT2D eigenvalue weighted by Gasteiger charge is -2.29. The summed E-state index contributed by atoms with van der Waals surface area (Å²) in [5.41, 5.74) is 0. The van der Waals surface area contributed by atoms with Crippen LogP contribution in [0.3, 0.4) is 0 Å². The summed E-state index contributed by atoms with van der Waals surface area (Å²) in [6.45, 7) is 0.425. The van der Waals surface area contributed by atoms with Gasteiger partial charge in [-0.3, -0.25) is 14.7 Å². The Morgan fingerprint density at radius 3 is 2.64 bits per heavy atom. The number of rotatable bonds is 0. The van der Waals surface area contributed by atoms with Gasteiger partial charge in [0.1, 0.15) is 6.54 Å². The molecule has 0 bridgehead atoms. The predicted octanol–water partition coefficient (Wildman–Crippen LogP) is -1.32. The molecule has 0 unspecified atom stereocenters. The van der Waals surface area contributed by atoms with Crippen LogP contribution in [0.5, 0.6) is 0 Å². The lowest BCUT2D eigenvalue weighted by Crippen LogP contribution is -2.54. The molecule has 2 amide bonds. The van der Waals surface area contributed by atoms with Gasteiger partial charge in [0.25, 0.3) is 5.91 Å². The second-order valence-corrected chi connectivity index (χ2v) is 2.29. The summed E-state index contributed by atoms with van der Waals surface area (Å²) in [4.78, 5) is 22.2. The summed E-state index contributed by atoms with van der Waals surface area (Å²) in [5.74, 6) is 4.84. The van der Waals surface area contributed by atoms with E-state index in [0.29, 0.717) is 0 Å². The van der Waals surface area contributed by atoms with Crippen molar-refractivity contribution in [1.29, 1.82) is 0 Å². The first-order valence-corrected chi connectivity index (χ1v) is 3.14. The number of nitrogens with two attached hydrogens (primary N) is 1. The number of carboxylic acid groups (broad SMARTS) is 1. The summed E-state index contributed by atoms with van der Waals surface area (Å²) >= 11 is 0. The number of carbonyl (C=O) groups excluding carboxylic acids is 1. The van der Waals surface area contributed by atoms with Crippen molar-refractivity contribution in [3.8, 4) is 0 Å².